The van der Waals surface area contributed by atoms with Crippen LogP contribution in [0.2, 0.25) is 0 Å². The van der Waals surface area contributed by atoms with Gasteiger partial charge in [-0.1, -0.05) is 46.7 Å². The molecule has 98 valence electrons. The van der Waals surface area contributed by atoms with Gasteiger partial charge in [-0.25, -0.2) is 0 Å². The molecule has 0 saturated carbocycles. The lowest BCUT2D eigenvalue weighted by molar-refractivity contribution is 0.252. The van der Waals surface area contributed by atoms with Crippen LogP contribution in [0, 0.1) is 5.41 Å². The van der Waals surface area contributed by atoms with Crippen molar-refractivity contribution < 1.29 is 4.52 Å². The van der Waals surface area contributed by atoms with Crippen molar-refractivity contribution in [2.75, 3.05) is 0 Å². The van der Waals surface area contributed by atoms with E-state index in [9.17, 15) is 0 Å². The van der Waals surface area contributed by atoms with E-state index in [1.807, 2.05) is 0 Å². The van der Waals surface area contributed by atoms with Crippen molar-refractivity contribution in [2.24, 2.45) is 11.1 Å². The van der Waals surface area contributed by atoms with Crippen LogP contribution in [0.15, 0.2) is 4.52 Å². The second kappa shape index (κ2) is 4.98. The van der Waals surface area contributed by atoms with Gasteiger partial charge < -0.3 is 10.3 Å². The van der Waals surface area contributed by atoms with Gasteiger partial charge in [0.2, 0.25) is 5.89 Å². The van der Waals surface area contributed by atoms with Crippen LogP contribution < -0.4 is 5.73 Å². The summed E-state index contributed by atoms with van der Waals surface area (Å²) in [5.41, 5.74) is 6.00. The van der Waals surface area contributed by atoms with Crippen molar-refractivity contribution in [1.82, 2.24) is 10.1 Å². The number of rotatable bonds is 3. The molecule has 1 aromatic rings. The summed E-state index contributed by atoms with van der Waals surface area (Å²) >= 11 is 1.79. The molecule has 1 heterocycles. The summed E-state index contributed by atoms with van der Waals surface area (Å²) in [4.78, 5) is 4.36. The Hall–Kier alpha value is -0.550. The van der Waals surface area contributed by atoms with Crippen molar-refractivity contribution in [3.05, 3.63) is 11.7 Å². The highest BCUT2D eigenvalue weighted by atomic mass is 32.2. The fourth-order valence-electron chi connectivity index (χ4n) is 1.10. The molecule has 0 aliphatic carbocycles. The van der Waals surface area contributed by atoms with Gasteiger partial charge in [-0.2, -0.15) is 4.98 Å². The summed E-state index contributed by atoms with van der Waals surface area (Å²) < 4.78 is 5.42. The lowest BCUT2D eigenvalue weighted by Crippen LogP contribution is -2.26. The molecule has 0 saturated heterocycles. The number of hydrogen-bond donors (Lipinski definition) is 1. The molecule has 0 amide bonds. The monoisotopic (exact) mass is 257 g/mol. The van der Waals surface area contributed by atoms with E-state index < -0.39 is 0 Å². The summed E-state index contributed by atoms with van der Waals surface area (Å²) in [6.07, 6.45) is 0. The van der Waals surface area contributed by atoms with Crippen LogP contribution in [0.4, 0.5) is 0 Å². The van der Waals surface area contributed by atoms with Gasteiger partial charge in [0, 0.05) is 4.75 Å². The zero-order valence-electron chi connectivity index (χ0n) is 11.6. The molecule has 0 aliphatic heterocycles. The van der Waals surface area contributed by atoms with Gasteiger partial charge in [-0.05, 0) is 5.41 Å². The van der Waals surface area contributed by atoms with E-state index >= 15 is 0 Å². The predicted octanol–water partition coefficient (Wildman–Crippen LogP) is 3.15. The molecular weight excluding hydrogens is 234 g/mol. The zero-order valence-corrected chi connectivity index (χ0v) is 12.4. The Labute approximate surface area is 108 Å². The summed E-state index contributed by atoms with van der Waals surface area (Å²) in [6, 6.07) is -0.219. The van der Waals surface area contributed by atoms with Gasteiger partial charge in [0.1, 0.15) is 0 Å². The first-order valence-corrected chi connectivity index (χ1v) is 6.80. The summed E-state index contributed by atoms with van der Waals surface area (Å²) in [6.45, 7) is 12.7. The van der Waals surface area contributed by atoms with E-state index in [2.05, 4.69) is 51.7 Å². The molecule has 0 unspecified atom stereocenters. The number of nitrogens with zero attached hydrogens (tertiary/aromatic N) is 2. The minimum atomic E-state index is -0.219. The Kier molecular flexibility index (Phi) is 4.25. The van der Waals surface area contributed by atoms with Crippen LogP contribution in [0.25, 0.3) is 0 Å². The number of aromatic nitrogens is 2. The average molecular weight is 257 g/mol. The third kappa shape index (κ3) is 4.68. The van der Waals surface area contributed by atoms with E-state index in [0.29, 0.717) is 5.89 Å². The number of hydrogen-bond acceptors (Lipinski definition) is 5. The van der Waals surface area contributed by atoms with Crippen LogP contribution in [-0.4, -0.2) is 14.9 Å². The Balaban J connectivity index is 2.66. The minimum absolute atomic E-state index is 0.0685. The van der Waals surface area contributed by atoms with Crippen molar-refractivity contribution in [1.29, 1.82) is 0 Å². The highest BCUT2D eigenvalue weighted by Gasteiger charge is 2.27. The van der Waals surface area contributed by atoms with E-state index in [-0.39, 0.29) is 16.2 Å². The maximum Gasteiger partial charge on any atom is 0.244 e. The van der Waals surface area contributed by atoms with E-state index in [1.54, 1.807) is 11.8 Å². The second-order valence-corrected chi connectivity index (χ2v) is 8.10. The van der Waals surface area contributed by atoms with Gasteiger partial charge in [0.15, 0.2) is 5.82 Å². The van der Waals surface area contributed by atoms with Crippen molar-refractivity contribution in [3.8, 4) is 0 Å². The first-order chi connectivity index (χ1) is 7.59. The van der Waals surface area contributed by atoms with Crippen molar-refractivity contribution >= 4 is 11.8 Å². The second-order valence-electron chi connectivity index (χ2n) is 6.29. The fraction of sp³-hybridized carbons (Fsp3) is 0.833. The highest BCUT2D eigenvalue weighted by Crippen LogP contribution is 2.30. The molecule has 4 nitrogen and oxygen atoms in total. The number of nitrogens with two attached hydrogens (primary N) is 1. The van der Waals surface area contributed by atoms with Gasteiger partial charge >= 0.3 is 0 Å². The van der Waals surface area contributed by atoms with Crippen LogP contribution in [0.5, 0.6) is 0 Å². The van der Waals surface area contributed by atoms with Crippen LogP contribution in [0.1, 0.15) is 59.3 Å². The minimum Gasteiger partial charge on any atom is -0.338 e. The highest BCUT2D eigenvalue weighted by molar-refractivity contribution is 7.99. The Morgan fingerprint density at radius 2 is 1.82 bits per heavy atom. The molecule has 0 aliphatic rings. The molecular formula is C12H23N3OS. The molecule has 0 bridgehead atoms. The Bertz CT molecular complexity index is 363. The molecule has 1 atom stereocenters. The fourth-order valence-corrected chi connectivity index (χ4v) is 1.78. The van der Waals surface area contributed by atoms with Crippen LogP contribution in [-0.2, 0) is 5.75 Å². The number of thioether (sulfide) groups is 1. The van der Waals surface area contributed by atoms with Crippen LogP contribution in [0.3, 0.4) is 0 Å². The summed E-state index contributed by atoms with van der Waals surface area (Å²) in [5.74, 6) is 2.01. The Morgan fingerprint density at radius 1 is 1.24 bits per heavy atom. The standard InChI is InChI=1S/C12H23N3OS/c1-11(2,3)9(13)10-14-8(15-16-10)7-17-12(4,5)6/h9H,7,13H2,1-6H3/t9-/m1/s1. The lowest BCUT2D eigenvalue weighted by Gasteiger charge is -2.23. The first-order valence-electron chi connectivity index (χ1n) is 5.81. The van der Waals surface area contributed by atoms with Gasteiger partial charge in [0.05, 0.1) is 11.8 Å². The SMILES string of the molecule is CC(C)(C)SCc1noc([C@@H](N)C(C)(C)C)n1. The smallest absolute Gasteiger partial charge is 0.244 e. The average Bonchev–Trinajstić information content (AvgIpc) is 2.59. The molecule has 5 heteroatoms. The zero-order chi connectivity index (χ0) is 13.3. The van der Waals surface area contributed by atoms with Crippen molar-refractivity contribution in [3.63, 3.8) is 0 Å². The molecule has 0 aromatic carbocycles. The quantitative estimate of drug-likeness (QED) is 0.901. The molecule has 0 radical (unpaired) electrons. The summed E-state index contributed by atoms with van der Waals surface area (Å²) in [7, 11) is 0. The Morgan fingerprint density at radius 3 is 2.29 bits per heavy atom. The molecule has 1 rings (SSSR count). The molecule has 2 N–H and O–H groups in total. The maximum absolute atomic E-state index is 6.06. The van der Waals surface area contributed by atoms with Gasteiger partial charge in [0.25, 0.3) is 0 Å². The van der Waals surface area contributed by atoms with Crippen LogP contribution >= 0.6 is 11.8 Å². The largest absolute Gasteiger partial charge is 0.338 e. The molecule has 1 aromatic heterocycles. The lowest BCUT2D eigenvalue weighted by atomic mass is 9.87. The van der Waals surface area contributed by atoms with Gasteiger partial charge in [-0.3, -0.25) is 0 Å². The molecule has 0 fully saturated rings. The van der Waals surface area contributed by atoms with Crippen molar-refractivity contribution in [2.45, 2.75) is 58.1 Å². The normalized spacial score (nSPS) is 15.0. The topological polar surface area (TPSA) is 64.9 Å². The summed E-state index contributed by atoms with van der Waals surface area (Å²) in [5, 5.41) is 3.97. The molecule has 17 heavy (non-hydrogen) atoms. The van der Waals surface area contributed by atoms with E-state index in [0.717, 1.165) is 11.6 Å². The first kappa shape index (κ1) is 14.5. The van der Waals surface area contributed by atoms with E-state index in [4.69, 9.17) is 10.3 Å². The molecule has 0 spiro atoms. The maximum atomic E-state index is 6.06. The van der Waals surface area contributed by atoms with Gasteiger partial charge in [-0.15, -0.1) is 11.8 Å². The third-order valence-electron chi connectivity index (χ3n) is 2.32. The predicted molar refractivity (Wildman–Crippen MR) is 71.7 cm³/mol. The third-order valence-corrected chi connectivity index (χ3v) is 3.59. The van der Waals surface area contributed by atoms with E-state index in [1.165, 1.54) is 0 Å².